The first-order chi connectivity index (χ1) is 11.7. The van der Waals surface area contributed by atoms with Gasteiger partial charge in [0.25, 0.3) is 0 Å². The number of amides is 1. The second-order valence-corrected chi connectivity index (χ2v) is 7.19. The van der Waals surface area contributed by atoms with E-state index in [4.69, 9.17) is 0 Å². The molecule has 0 saturated carbocycles. The van der Waals surface area contributed by atoms with Crippen molar-refractivity contribution in [2.45, 2.75) is 25.8 Å². The maximum absolute atomic E-state index is 12.1. The summed E-state index contributed by atoms with van der Waals surface area (Å²) in [5, 5.41) is 15.1. The molecule has 0 radical (unpaired) electrons. The molecule has 1 amide bonds. The van der Waals surface area contributed by atoms with E-state index >= 15 is 0 Å². The number of piperidine rings is 1. The van der Waals surface area contributed by atoms with Crippen molar-refractivity contribution in [3.63, 3.8) is 0 Å². The standard InChI is InChI=1S/C18H23N3O2S/c22-12-14-5-4-8-21(10-14)11-16-13-24-18(20-16)9-17(23)19-15-6-2-1-3-7-15/h1-3,6-7,13-14,22H,4-5,8-12H2,(H,19,23). The molecule has 24 heavy (non-hydrogen) atoms. The molecular formula is C18H23N3O2S. The lowest BCUT2D eigenvalue weighted by Gasteiger charge is -2.31. The van der Waals surface area contributed by atoms with Crippen molar-refractivity contribution in [1.29, 1.82) is 0 Å². The minimum atomic E-state index is -0.0413. The van der Waals surface area contributed by atoms with Crippen LogP contribution in [-0.4, -0.2) is 40.6 Å². The number of para-hydroxylation sites is 1. The molecule has 5 nitrogen and oxygen atoms in total. The van der Waals surface area contributed by atoms with Crippen LogP contribution in [-0.2, 0) is 17.8 Å². The highest BCUT2D eigenvalue weighted by atomic mass is 32.1. The van der Waals surface area contributed by atoms with E-state index in [2.05, 4.69) is 15.2 Å². The minimum absolute atomic E-state index is 0.0413. The largest absolute Gasteiger partial charge is 0.396 e. The lowest BCUT2D eigenvalue weighted by Crippen LogP contribution is -2.36. The third kappa shape index (κ3) is 4.87. The Balaban J connectivity index is 1.51. The average molecular weight is 345 g/mol. The summed E-state index contributed by atoms with van der Waals surface area (Å²) in [4.78, 5) is 19.0. The fourth-order valence-electron chi connectivity index (χ4n) is 3.04. The molecule has 6 heteroatoms. The van der Waals surface area contributed by atoms with E-state index < -0.39 is 0 Å². The third-order valence-electron chi connectivity index (χ3n) is 4.22. The Kier molecular flexibility index (Phi) is 5.96. The van der Waals surface area contributed by atoms with Gasteiger partial charge in [0.05, 0.1) is 12.1 Å². The number of nitrogens with zero attached hydrogens (tertiary/aromatic N) is 2. The molecule has 0 aliphatic carbocycles. The van der Waals surface area contributed by atoms with Gasteiger partial charge < -0.3 is 10.4 Å². The van der Waals surface area contributed by atoms with Gasteiger partial charge in [-0.15, -0.1) is 11.3 Å². The smallest absolute Gasteiger partial charge is 0.231 e. The molecule has 2 aromatic rings. The summed E-state index contributed by atoms with van der Waals surface area (Å²) < 4.78 is 0. The number of nitrogens with one attached hydrogen (secondary N) is 1. The van der Waals surface area contributed by atoms with Gasteiger partial charge in [0.2, 0.25) is 5.91 Å². The minimum Gasteiger partial charge on any atom is -0.396 e. The Morgan fingerprint density at radius 2 is 2.21 bits per heavy atom. The molecule has 1 unspecified atom stereocenters. The van der Waals surface area contributed by atoms with Crippen molar-refractivity contribution < 1.29 is 9.90 Å². The third-order valence-corrected chi connectivity index (χ3v) is 5.11. The SMILES string of the molecule is O=C(Cc1nc(CN2CCCC(CO)C2)cs1)Nc1ccccc1. The zero-order valence-corrected chi connectivity index (χ0v) is 14.5. The molecule has 0 bridgehead atoms. The van der Waals surface area contributed by atoms with E-state index in [0.29, 0.717) is 12.3 Å². The van der Waals surface area contributed by atoms with Gasteiger partial charge in [0.1, 0.15) is 5.01 Å². The molecular weight excluding hydrogens is 322 g/mol. The first-order valence-corrected chi connectivity index (χ1v) is 9.22. The Bertz CT molecular complexity index is 659. The maximum atomic E-state index is 12.1. The quantitative estimate of drug-likeness (QED) is 0.844. The highest BCUT2D eigenvalue weighted by Gasteiger charge is 2.20. The van der Waals surface area contributed by atoms with E-state index in [1.165, 1.54) is 11.3 Å². The molecule has 1 aliphatic rings. The number of carbonyl (C=O) groups is 1. The van der Waals surface area contributed by atoms with Crippen LogP contribution < -0.4 is 5.32 Å². The van der Waals surface area contributed by atoms with Gasteiger partial charge in [-0.05, 0) is 37.4 Å². The molecule has 1 fully saturated rings. The van der Waals surface area contributed by atoms with E-state index in [0.717, 1.165) is 48.9 Å². The van der Waals surface area contributed by atoms with Crippen LogP contribution in [0, 0.1) is 5.92 Å². The number of thiazole rings is 1. The monoisotopic (exact) mass is 345 g/mol. The van der Waals surface area contributed by atoms with Gasteiger partial charge in [-0.3, -0.25) is 9.69 Å². The van der Waals surface area contributed by atoms with E-state index in [-0.39, 0.29) is 12.5 Å². The highest BCUT2D eigenvalue weighted by molar-refractivity contribution is 7.09. The van der Waals surface area contributed by atoms with E-state index in [1.54, 1.807) is 0 Å². The molecule has 3 rings (SSSR count). The van der Waals surface area contributed by atoms with Crippen LogP contribution in [0.15, 0.2) is 35.7 Å². The average Bonchev–Trinajstić information content (AvgIpc) is 3.02. The van der Waals surface area contributed by atoms with Crippen molar-refractivity contribution in [1.82, 2.24) is 9.88 Å². The predicted molar refractivity (Wildman–Crippen MR) is 96.0 cm³/mol. The number of likely N-dealkylation sites (tertiary alicyclic amines) is 1. The van der Waals surface area contributed by atoms with Crippen molar-refractivity contribution in [3.8, 4) is 0 Å². The summed E-state index contributed by atoms with van der Waals surface area (Å²) in [5.41, 5.74) is 1.82. The zero-order chi connectivity index (χ0) is 16.8. The van der Waals surface area contributed by atoms with Gasteiger partial charge >= 0.3 is 0 Å². The Morgan fingerprint density at radius 3 is 3.00 bits per heavy atom. The van der Waals surface area contributed by atoms with Crippen molar-refractivity contribution in [2.75, 3.05) is 25.0 Å². The highest BCUT2D eigenvalue weighted by Crippen LogP contribution is 2.19. The maximum Gasteiger partial charge on any atom is 0.231 e. The summed E-state index contributed by atoms with van der Waals surface area (Å²) in [6, 6.07) is 9.47. The number of rotatable bonds is 6. The summed E-state index contributed by atoms with van der Waals surface area (Å²) in [7, 11) is 0. The lowest BCUT2D eigenvalue weighted by molar-refractivity contribution is -0.115. The van der Waals surface area contributed by atoms with Crippen LogP contribution in [0.1, 0.15) is 23.5 Å². The number of aromatic nitrogens is 1. The zero-order valence-electron chi connectivity index (χ0n) is 13.6. The number of aliphatic hydroxyl groups is 1. The van der Waals surface area contributed by atoms with Gasteiger partial charge in [-0.25, -0.2) is 4.98 Å². The molecule has 2 heterocycles. The van der Waals surface area contributed by atoms with Crippen LogP contribution in [0.2, 0.25) is 0 Å². The summed E-state index contributed by atoms with van der Waals surface area (Å²) in [5.74, 6) is 0.342. The molecule has 128 valence electrons. The number of aliphatic hydroxyl groups excluding tert-OH is 1. The topological polar surface area (TPSA) is 65.5 Å². The van der Waals surface area contributed by atoms with Crippen LogP contribution in [0.4, 0.5) is 5.69 Å². The fraction of sp³-hybridized carbons (Fsp3) is 0.444. The van der Waals surface area contributed by atoms with Crippen LogP contribution >= 0.6 is 11.3 Å². The molecule has 1 aromatic carbocycles. The van der Waals surface area contributed by atoms with Crippen molar-refractivity contribution in [2.24, 2.45) is 5.92 Å². The second-order valence-electron chi connectivity index (χ2n) is 6.25. The molecule has 1 aromatic heterocycles. The summed E-state index contributed by atoms with van der Waals surface area (Å²) in [6.45, 7) is 3.04. The van der Waals surface area contributed by atoms with Crippen molar-refractivity contribution >= 4 is 22.9 Å². The predicted octanol–water partition coefficient (Wildman–Crippen LogP) is 2.53. The number of benzene rings is 1. The van der Waals surface area contributed by atoms with Crippen LogP contribution in [0.5, 0.6) is 0 Å². The van der Waals surface area contributed by atoms with E-state index in [1.807, 2.05) is 35.7 Å². The van der Waals surface area contributed by atoms with Crippen LogP contribution in [0.25, 0.3) is 0 Å². The Morgan fingerprint density at radius 1 is 1.38 bits per heavy atom. The summed E-state index contributed by atoms with van der Waals surface area (Å²) >= 11 is 1.54. The fourth-order valence-corrected chi connectivity index (χ4v) is 3.82. The lowest BCUT2D eigenvalue weighted by atomic mass is 9.99. The van der Waals surface area contributed by atoms with E-state index in [9.17, 15) is 9.90 Å². The number of anilines is 1. The number of hydrogen-bond donors (Lipinski definition) is 2. The molecule has 1 saturated heterocycles. The van der Waals surface area contributed by atoms with Crippen LogP contribution in [0.3, 0.4) is 0 Å². The van der Waals surface area contributed by atoms with Gasteiger partial charge in [-0.2, -0.15) is 0 Å². The number of carbonyl (C=O) groups excluding carboxylic acids is 1. The van der Waals surface area contributed by atoms with Crippen molar-refractivity contribution in [3.05, 3.63) is 46.4 Å². The first-order valence-electron chi connectivity index (χ1n) is 8.34. The van der Waals surface area contributed by atoms with Gasteiger partial charge in [0, 0.05) is 30.8 Å². The molecule has 1 aliphatic heterocycles. The normalized spacial score (nSPS) is 18.5. The Hall–Kier alpha value is -1.76. The Labute approximate surface area is 146 Å². The number of hydrogen-bond acceptors (Lipinski definition) is 5. The van der Waals surface area contributed by atoms with Gasteiger partial charge in [0.15, 0.2) is 0 Å². The van der Waals surface area contributed by atoms with Gasteiger partial charge in [-0.1, -0.05) is 18.2 Å². The molecule has 0 spiro atoms. The summed E-state index contributed by atoms with van der Waals surface area (Å²) in [6.07, 6.45) is 2.54. The molecule has 2 N–H and O–H groups in total. The molecule has 1 atom stereocenters. The second kappa shape index (κ2) is 8.37. The first kappa shape index (κ1) is 17.1.